The predicted molar refractivity (Wildman–Crippen MR) is 234 cm³/mol. The molecule has 0 saturated heterocycles. The molecule has 0 bridgehead atoms. The van der Waals surface area contributed by atoms with Crippen molar-refractivity contribution in [1.82, 2.24) is 0 Å². The molecule has 54 heavy (non-hydrogen) atoms. The van der Waals surface area contributed by atoms with E-state index in [0.717, 1.165) is 37.6 Å². The Labute approximate surface area is 321 Å². The van der Waals surface area contributed by atoms with Gasteiger partial charge in [-0.25, -0.2) is 0 Å². The van der Waals surface area contributed by atoms with Gasteiger partial charge in [-0.1, -0.05) is 146 Å². The molecule has 0 aliphatic rings. The van der Waals surface area contributed by atoms with Gasteiger partial charge in [0.2, 0.25) is 0 Å². The van der Waals surface area contributed by atoms with E-state index in [1.807, 2.05) is 0 Å². The van der Waals surface area contributed by atoms with Crippen LogP contribution in [0.1, 0.15) is 91.5 Å². The van der Waals surface area contributed by atoms with Crippen molar-refractivity contribution in [3.63, 3.8) is 0 Å². The molecule has 8 aromatic carbocycles. The number of rotatable bonds is 14. The lowest BCUT2D eigenvalue weighted by atomic mass is 9.79. The van der Waals surface area contributed by atoms with E-state index < -0.39 is 0 Å². The van der Waals surface area contributed by atoms with Gasteiger partial charge in [-0.05, 0) is 142 Å². The fourth-order valence-corrected chi connectivity index (χ4v) is 8.38. The summed E-state index contributed by atoms with van der Waals surface area (Å²) in [7, 11) is 0. The maximum atomic E-state index is 6.22. The van der Waals surface area contributed by atoms with E-state index in [1.165, 1.54) is 120 Å². The van der Waals surface area contributed by atoms with E-state index >= 15 is 0 Å². The number of fused-ring (bicyclic) bond motifs is 4. The third kappa shape index (κ3) is 7.00. The second-order valence-electron chi connectivity index (χ2n) is 16.3. The molecular weight excluding hydrogens is 657 g/mol. The van der Waals surface area contributed by atoms with E-state index in [4.69, 9.17) is 9.47 Å². The lowest BCUT2D eigenvalue weighted by molar-refractivity contribution is 0.305. The van der Waals surface area contributed by atoms with Gasteiger partial charge in [-0.2, -0.15) is 0 Å². The van der Waals surface area contributed by atoms with Crippen molar-refractivity contribution in [3.8, 4) is 33.8 Å². The van der Waals surface area contributed by atoms with Crippen LogP contribution in [-0.4, -0.2) is 13.2 Å². The average Bonchev–Trinajstić information content (AvgIpc) is 3.19. The Morgan fingerprint density at radius 2 is 0.981 bits per heavy atom. The molecule has 2 nitrogen and oxygen atoms in total. The molecule has 0 saturated carbocycles. The molecule has 0 aliphatic carbocycles. The standard InChI is InChI=1S/C52H54O2/c1-6-8-10-14-28-53-42-24-20-36(21-25-42)45-33-39-30-41(52(3,4)5)31-40-34-46(37-22-26-43(27-23-37)54-29-15-11-9-7-2)50-49-38(32-47(45)51(50)48(39)40)19-18-35-16-12-13-17-44(35)49/h12-13,16-27,30-34H,6-11,14-15,28-29H2,1-5H3. The number of ether oxygens (including phenoxy) is 2. The zero-order valence-electron chi connectivity index (χ0n) is 32.9. The van der Waals surface area contributed by atoms with Crippen molar-refractivity contribution in [2.45, 2.75) is 91.4 Å². The van der Waals surface area contributed by atoms with Gasteiger partial charge in [-0.3, -0.25) is 0 Å². The second-order valence-corrected chi connectivity index (χ2v) is 16.3. The molecule has 0 unspecified atom stereocenters. The van der Waals surface area contributed by atoms with Gasteiger partial charge in [0.1, 0.15) is 11.5 Å². The first kappa shape index (κ1) is 35.9. The van der Waals surface area contributed by atoms with Gasteiger partial charge in [0.15, 0.2) is 0 Å². The first-order valence-corrected chi connectivity index (χ1v) is 20.4. The molecule has 0 radical (unpaired) electrons. The number of hydrogen-bond donors (Lipinski definition) is 0. The fraction of sp³-hybridized carbons (Fsp3) is 0.308. The first-order chi connectivity index (χ1) is 26.3. The second kappa shape index (κ2) is 15.3. The Balaban J connectivity index is 1.37. The molecular formula is C52H54O2. The van der Waals surface area contributed by atoms with E-state index in [2.05, 4.69) is 150 Å². The summed E-state index contributed by atoms with van der Waals surface area (Å²) in [6.07, 6.45) is 9.61. The highest BCUT2D eigenvalue weighted by Crippen LogP contribution is 2.49. The molecule has 0 fully saturated rings. The van der Waals surface area contributed by atoms with Crippen LogP contribution in [0.4, 0.5) is 0 Å². The Morgan fingerprint density at radius 1 is 0.426 bits per heavy atom. The van der Waals surface area contributed by atoms with Gasteiger partial charge in [-0.15, -0.1) is 0 Å². The number of hydrogen-bond acceptors (Lipinski definition) is 2. The highest BCUT2D eigenvalue weighted by Gasteiger charge is 2.23. The zero-order valence-corrected chi connectivity index (χ0v) is 32.9. The molecule has 8 rings (SSSR count). The molecule has 0 aromatic heterocycles. The quantitative estimate of drug-likeness (QED) is 0.0635. The summed E-state index contributed by atoms with van der Waals surface area (Å²) in [6, 6.07) is 43.4. The van der Waals surface area contributed by atoms with Gasteiger partial charge >= 0.3 is 0 Å². The van der Waals surface area contributed by atoms with Crippen molar-refractivity contribution < 1.29 is 9.47 Å². The fourth-order valence-electron chi connectivity index (χ4n) is 8.38. The van der Waals surface area contributed by atoms with Crippen LogP contribution >= 0.6 is 0 Å². The minimum absolute atomic E-state index is 0.0000894. The van der Waals surface area contributed by atoms with E-state index in [0.29, 0.717) is 0 Å². The van der Waals surface area contributed by atoms with Crippen LogP contribution in [0.25, 0.3) is 76.1 Å². The van der Waals surface area contributed by atoms with Gasteiger partial charge in [0.25, 0.3) is 0 Å². The molecule has 274 valence electrons. The van der Waals surface area contributed by atoms with Crippen molar-refractivity contribution in [2.75, 3.05) is 13.2 Å². The highest BCUT2D eigenvalue weighted by atomic mass is 16.5. The van der Waals surface area contributed by atoms with Crippen LogP contribution in [0.3, 0.4) is 0 Å². The summed E-state index contributed by atoms with van der Waals surface area (Å²) in [5, 5.41) is 13.0. The Hall–Kier alpha value is -5.08. The van der Waals surface area contributed by atoms with Gasteiger partial charge in [0.05, 0.1) is 13.2 Å². The molecule has 0 atom stereocenters. The van der Waals surface area contributed by atoms with Crippen LogP contribution in [0.5, 0.6) is 11.5 Å². The molecule has 0 amide bonds. The molecule has 0 N–H and O–H groups in total. The summed E-state index contributed by atoms with van der Waals surface area (Å²) in [5.74, 6) is 1.88. The molecule has 2 heteroatoms. The lowest BCUT2D eigenvalue weighted by Gasteiger charge is -2.24. The smallest absolute Gasteiger partial charge is 0.119 e. The minimum Gasteiger partial charge on any atom is -0.494 e. The van der Waals surface area contributed by atoms with E-state index in [-0.39, 0.29) is 5.41 Å². The van der Waals surface area contributed by atoms with Crippen molar-refractivity contribution >= 4 is 53.9 Å². The topological polar surface area (TPSA) is 18.5 Å². The van der Waals surface area contributed by atoms with E-state index in [1.54, 1.807) is 0 Å². The zero-order chi connectivity index (χ0) is 37.2. The maximum Gasteiger partial charge on any atom is 0.119 e. The largest absolute Gasteiger partial charge is 0.494 e. The Morgan fingerprint density at radius 3 is 1.57 bits per heavy atom. The minimum atomic E-state index is -0.0000894. The van der Waals surface area contributed by atoms with Crippen molar-refractivity contribution in [3.05, 3.63) is 121 Å². The molecule has 0 aliphatic heterocycles. The molecule has 0 heterocycles. The van der Waals surface area contributed by atoms with Crippen LogP contribution in [-0.2, 0) is 5.41 Å². The van der Waals surface area contributed by atoms with Gasteiger partial charge < -0.3 is 9.47 Å². The van der Waals surface area contributed by atoms with Crippen LogP contribution in [0.15, 0.2) is 115 Å². The van der Waals surface area contributed by atoms with Gasteiger partial charge in [0, 0.05) is 0 Å². The summed E-state index contributed by atoms with van der Waals surface area (Å²) < 4.78 is 12.4. The lowest BCUT2D eigenvalue weighted by Crippen LogP contribution is -2.11. The average molecular weight is 711 g/mol. The first-order valence-electron chi connectivity index (χ1n) is 20.4. The van der Waals surface area contributed by atoms with E-state index in [9.17, 15) is 0 Å². The van der Waals surface area contributed by atoms with Crippen LogP contribution < -0.4 is 9.47 Å². The number of unbranched alkanes of at least 4 members (excludes halogenated alkanes) is 6. The van der Waals surface area contributed by atoms with Crippen LogP contribution in [0.2, 0.25) is 0 Å². The summed E-state index contributed by atoms with van der Waals surface area (Å²) in [5.41, 5.74) is 6.29. The normalized spacial score (nSPS) is 12.2. The third-order valence-corrected chi connectivity index (χ3v) is 11.4. The molecule has 0 spiro atoms. The SMILES string of the molecule is CCCCCCOc1ccc(-c2cc3cc(C(C)(C)C)cc4cc(-c5ccc(OCCCCCC)cc5)c5c6c(ccc7ccccc76)cc2c5c34)cc1. The summed E-state index contributed by atoms with van der Waals surface area (Å²) in [4.78, 5) is 0. The third-order valence-electron chi connectivity index (χ3n) is 11.4. The Kier molecular flexibility index (Phi) is 10.2. The predicted octanol–water partition coefficient (Wildman–Crippen LogP) is 15.4. The molecule has 8 aromatic rings. The summed E-state index contributed by atoms with van der Waals surface area (Å²) in [6.45, 7) is 13.0. The maximum absolute atomic E-state index is 6.22. The highest BCUT2D eigenvalue weighted by molar-refractivity contribution is 6.37. The summed E-state index contributed by atoms with van der Waals surface area (Å²) >= 11 is 0. The van der Waals surface area contributed by atoms with Crippen molar-refractivity contribution in [1.29, 1.82) is 0 Å². The number of benzene rings is 8. The van der Waals surface area contributed by atoms with Crippen LogP contribution in [0, 0.1) is 0 Å². The Bertz CT molecular complexity index is 2520. The van der Waals surface area contributed by atoms with Crippen molar-refractivity contribution in [2.24, 2.45) is 0 Å². The monoisotopic (exact) mass is 710 g/mol.